The molecule has 0 heterocycles. The second-order valence-corrected chi connectivity index (χ2v) is 3.38. The second kappa shape index (κ2) is 7.41. The molecule has 0 fully saturated rings. The number of oxime groups is 1. The Kier molecular flexibility index (Phi) is 6.97. The fraction of sp³-hybridized carbons (Fsp3) is 0.875. The topological polar surface area (TPSA) is 131 Å². The van der Waals surface area contributed by atoms with Gasteiger partial charge in [-0.1, -0.05) is 5.16 Å². The van der Waals surface area contributed by atoms with E-state index in [0.717, 1.165) is 0 Å². The molecule has 15 heavy (non-hydrogen) atoms. The third-order valence-electron chi connectivity index (χ3n) is 2.15. The molecule has 0 amide bonds. The molecule has 0 aromatic carbocycles. The SMILES string of the molecule is NC(CCCNC(CO)(CO)CO)=NO. The largest absolute Gasteiger partial charge is 0.409 e. The van der Waals surface area contributed by atoms with E-state index in [4.69, 9.17) is 26.3 Å². The second-order valence-electron chi connectivity index (χ2n) is 3.38. The van der Waals surface area contributed by atoms with Crippen molar-refractivity contribution in [3.05, 3.63) is 0 Å². The Balaban J connectivity index is 3.81. The summed E-state index contributed by atoms with van der Waals surface area (Å²) in [5.74, 6) is 0.124. The van der Waals surface area contributed by atoms with E-state index in [1.54, 1.807) is 0 Å². The van der Waals surface area contributed by atoms with Gasteiger partial charge in [-0.25, -0.2) is 0 Å². The molecule has 7 N–H and O–H groups in total. The molecular formula is C8H19N3O4. The van der Waals surface area contributed by atoms with Crippen molar-refractivity contribution in [1.29, 1.82) is 0 Å². The van der Waals surface area contributed by atoms with Gasteiger partial charge in [0.1, 0.15) is 5.84 Å². The van der Waals surface area contributed by atoms with Crippen LogP contribution in [0.3, 0.4) is 0 Å². The molecular weight excluding hydrogens is 202 g/mol. The molecule has 0 aliphatic heterocycles. The van der Waals surface area contributed by atoms with E-state index < -0.39 is 5.54 Å². The van der Waals surface area contributed by atoms with Gasteiger partial charge in [-0.05, 0) is 13.0 Å². The fourth-order valence-electron chi connectivity index (χ4n) is 0.991. The Labute approximate surface area is 88.2 Å². The normalized spacial score (nSPS) is 13.1. The molecule has 7 nitrogen and oxygen atoms in total. The molecule has 0 aromatic heterocycles. The molecule has 0 spiro atoms. The van der Waals surface area contributed by atoms with Crippen LogP contribution >= 0.6 is 0 Å². The quantitative estimate of drug-likeness (QED) is 0.0908. The number of nitrogens with two attached hydrogens (primary N) is 1. The number of aliphatic hydroxyl groups excluding tert-OH is 3. The Hall–Kier alpha value is -0.890. The molecule has 0 unspecified atom stereocenters. The maximum Gasteiger partial charge on any atom is 0.139 e. The number of nitrogens with one attached hydrogen (secondary N) is 1. The number of hydrogen-bond acceptors (Lipinski definition) is 6. The highest BCUT2D eigenvalue weighted by molar-refractivity contribution is 5.79. The van der Waals surface area contributed by atoms with Gasteiger partial charge in [-0.3, -0.25) is 0 Å². The Morgan fingerprint density at radius 1 is 1.20 bits per heavy atom. The van der Waals surface area contributed by atoms with E-state index in [1.165, 1.54) is 0 Å². The first-order valence-electron chi connectivity index (χ1n) is 4.68. The van der Waals surface area contributed by atoms with Gasteiger partial charge in [-0.15, -0.1) is 0 Å². The molecule has 0 aliphatic carbocycles. The van der Waals surface area contributed by atoms with Crippen molar-refractivity contribution in [3.63, 3.8) is 0 Å². The zero-order valence-electron chi connectivity index (χ0n) is 8.56. The van der Waals surface area contributed by atoms with Crippen LogP contribution in [0.2, 0.25) is 0 Å². The van der Waals surface area contributed by atoms with Gasteiger partial charge in [0.25, 0.3) is 0 Å². The zero-order chi connectivity index (χ0) is 11.7. The smallest absolute Gasteiger partial charge is 0.139 e. The molecule has 0 saturated carbocycles. The van der Waals surface area contributed by atoms with E-state index in [0.29, 0.717) is 19.4 Å². The zero-order valence-corrected chi connectivity index (χ0v) is 8.56. The van der Waals surface area contributed by atoms with Crippen LogP contribution in [0.1, 0.15) is 12.8 Å². The predicted octanol–water partition coefficient (Wildman–Crippen LogP) is -2.18. The minimum absolute atomic E-state index is 0.124. The highest BCUT2D eigenvalue weighted by Crippen LogP contribution is 2.01. The van der Waals surface area contributed by atoms with Crippen molar-refractivity contribution in [1.82, 2.24) is 5.32 Å². The maximum absolute atomic E-state index is 8.96. The van der Waals surface area contributed by atoms with E-state index in [2.05, 4.69) is 10.5 Å². The van der Waals surface area contributed by atoms with Crippen molar-refractivity contribution in [2.45, 2.75) is 18.4 Å². The summed E-state index contributed by atoms with van der Waals surface area (Å²) in [5.41, 5.74) is 4.18. The van der Waals surface area contributed by atoms with Gasteiger partial charge in [0, 0.05) is 6.42 Å². The van der Waals surface area contributed by atoms with Crippen molar-refractivity contribution in [2.75, 3.05) is 26.4 Å². The van der Waals surface area contributed by atoms with Gasteiger partial charge in [0.05, 0.1) is 25.4 Å². The van der Waals surface area contributed by atoms with Gasteiger partial charge < -0.3 is 31.6 Å². The van der Waals surface area contributed by atoms with E-state index in [1.807, 2.05) is 0 Å². The third kappa shape index (κ3) is 4.93. The van der Waals surface area contributed by atoms with Crippen LogP contribution in [0.15, 0.2) is 5.16 Å². The molecule has 7 heteroatoms. The Morgan fingerprint density at radius 2 is 1.73 bits per heavy atom. The van der Waals surface area contributed by atoms with Gasteiger partial charge in [-0.2, -0.15) is 0 Å². The highest BCUT2D eigenvalue weighted by Gasteiger charge is 2.26. The van der Waals surface area contributed by atoms with Gasteiger partial charge >= 0.3 is 0 Å². The van der Waals surface area contributed by atoms with Crippen molar-refractivity contribution in [2.24, 2.45) is 10.9 Å². The summed E-state index contributed by atoms with van der Waals surface area (Å²) in [5, 5.41) is 40.8. The van der Waals surface area contributed by atoms with Crippen LogP contribution in [0.5, 0.6) is 0 Å². The van der Waals surface area contributed by atoms with Crippen LogP contribution in [-0.2, 0) is 0 Å². The first-order chi connectivity index (χ1) is 7.14. The summed E-state index contributed by atoms with van der Waals surface area (Å²) in [6.07, 6.45) is 0.986. The number of hydrogen-bond donors (Lipinski definition) is 6. The van der Waals surface area contributed by atoms with E-state index in [-0.39, 0.29) is 25.7 Å². The Morgan fingerprint density at radius 3 is 2.13 bits per heavy atom. The average molecular weight is 221 g/mol. The minimum Gasteiger partial charge on any atom is -0.409 e. The maximum atomic E-state index is 8.96. The summed E-state index contributed by atoms with van der Waals surface area (Å²) in [7, 11) is 0. The third-order valence-corrected chi connectivity index (χ3v) is 2.15. The Bertz CT molecular complexity index is 186. The summed E-state index contributed by atoms with van der Waals surface area (Å²) in [6.45, 7) is -0.630. The highest BCUT2D eigenvalue weighted by atomic mass is 16.4. The fourth-order valence-corrected chi connectivity index (χ4v) is 0.991. The predicted molar refractivity (Wildman–Crippen MR) is 54.6 cm³/mol. The van der Waals surface area contributed by atoms with Crippen molar-refractivity contribution >= 4 is 5.84 Å². The number of aliphatic hydroxyl groups is 3. The van der Waals surface area contributed by atoms with Crippen LogP contribution in [-0.4, -0.2) is 58.3 Å². The lowest BCUT2D eigenvalue weighted by molar-refractivity contribution is 0.0427. The molecule has 0 aliphatic rings. The first-order valence-corrected chi connectivity index (χ1v) is 4.68. The van der Waals surface area contributed by atoms with Gasteiger partial charge in [0.15, 0.2) is 0 Å². The number of nitrogens with zero attached hydrogens (tertiary/aromatic N) is 1. The van der Waals surface area contributed by atoms with Crippen LogP contribution in [0.25, 0.3) is 0 Å². The van der Waals surface area contributed by atoms with E-state index >= 15 is 0 Å². The summed E-state index contributed by atoms with van der Waals surface area (Å²) in [6, 6.07) is 0. The molecule has 0 bridgehead atoms. The van der Waals surface area contributed by atoms with Crippen molar-refractivity contribution in [3.8, 4) is 0 Å². The number of amidine groups is 1. The van der Waals surface area contributed by atoms with Crippen LogP contribution in [0.4, 0.5) is 0 Å². The summed E-state index contributed by atoms with van der Waals surface area (Å²) >= 11 is 0. The monoisotopic (exact) mass is 221 g/mol. The summed E-state index contributed by atoms with van der Waals surface area (Å²) in [4.78, 5) is 0. The lowest BCUT2D eigenvalue weighted by Crippen LogP contribution is -2.55. The molecule has 0 radical (unpaired) electrons. The number of rotatable bonds is 8. The summed E-state index contributed by atoms with van der Waals surface area (Å²) < 4.78 is 0. The average Bonchev–Trinajstić information content (AvgIpc) is 2.30. The first kappa shape index (κ1) is 14.1. The van der Waals surface area contributed by atoms with Crippen LogP contribution in [0, 0.1) is 0 Å². The van der Waals surface area contributed by atoms with Crippen LogP contribution < -0.4 is 11.1 Å². The standard InChI is InChI=1S/C8H19N3O4/c9-7(11-15)2-1-3-10-8(4-12,5-13)6-14/h10,12-15H,1-6H2,(H2,9,11). The lowest BCUT2D eigenvalue weighted by Gasteiger charge is -2.28. The minimum atomic E-state index is -1.06. The molecule has 90 valence electrons. The van der Waals surface area contributed by atoms with Gasteiger partial charge in [0.2, 0.25) is 0 Å². The molecule has 0 rings (SSSR count). The molecule has 0 saturated heterocycles. The lowest BCUT2D eigenvalue weighted by atomic mass is 10.0. The molecule has 0 aromatic rings. The van der Waals surface area contributed by atoms with Crippen molar-refractivity contribution < 1.29 is 20.5 Å². The molecule has 0 atom stereocenters. The van der Waals surface area contributed by atoms with E-state index in [9.17, 15) is 0 Å².